The average molecular weight is 375 g/mol. The van der Waals surface area contributed by atoms with Gasteiger partial charge < -0.3 is 20.5 Å². The van der Waals surface area contributed by atoms with E-state index in [9.17, 15) is 9.18 Å². The Labute approximate surface area is 154 Å². The number of hydrogen-bond donors (Lipinski definition) is 2. The number of nitrogens with two attached hydrogens (primary N) is 1. The first kappa shape index (κ1) is 21.7. The maximum atomic E-state index is 13.1. The molecule has 2 rings (SSSR count). The van der Waals surface area contributed by atoms with Crippen molar-refractivity contribution in [2.45, 2.75) is 51.9 Å². The normalized spacial score (nSPS) is 25.3. The van der Waals surface area contributed by atoms with Crippen LogP contribution in [0.25, 0.3) is 0 Å². The topological polar surface area (TPSA) is 73.6 Å². The van der Waals surface area contributed by atoms with Gasteiger partial charge in [0.2, 0.25) is 5.91 Å². The quantitative estimate of drug-likeness (QED) is 0.769. The van der Waals surface area contributed by atoms with E-state index in [1.807, 2.05) is 27.7 Å². The van der Waals surface area contributed by atoms with Crippen molar-refractivity contribution in [1.29, 1.82) is 0 Å². The molecule has 1 aliphatic carbocycles. The van der Waals surface area contributed by atoms with Gasteiger partial charge in [-0.05, 0) is 26.0 Å². The van der Waals surface area contributed by atoms with Gasteiger partial charge in [-0.25, -0.2) is 4.39 Å². The standard InChI is InChI=1S/C18H27FN2O3.ClH/c1-5-23-15-10-18(20,17(15,3)4)16(22)21-11-12(2)24-14-8-6-7-13(19)9-14;/h6-9,12,15H,5,10-11,20H2,1-4H3,(H,21,22);1H. The van der Waals surface area contributed by atoms with Crippen molar-refractivity contribution in [2.24, 2.45) is 11.1 Å². The number of benzene rings is 1. The molecule has 5 nitrogen and oxygen atoms in total. The summed E-state index contributed by atoms with van der Waals surface area (Å²) in [6.07, 6.45) is 0.183. The number of ether oxygens (including phenoxy) is 2. The van der Waals surface area contributed by atoms with E-state index in [1.54, 1.807) is 12.1 Å². The highest BCUT2D eigenvalue weighted by Gasteiger charge is 2.62. The van der Waals surface area contributed by atoms with Crippen LogP contribution in [-0.2, 0) is 9.53 Å². The molecule has 0 saturated heterocycles. The van der Waals surface area contributed by atoms with Gasteiger partial charge in [0.25, 0.3) is 0 Å². The molecule has 0 radical (unpaired) electrons. The molecule has 1 aromatic carbocycles. The molecule has 0 spiro atoms. The third kappa shape index (κ3) is 4.43. The fourth-order valence-electron chi connectivity index (χ4n) is 3.03. The first-order valence-electron chi connectivity index (χ1n) is 8.31. The maximum absolute atomic E-state index is 13.1. The number of amides is 1. The summed E-state index contributed by atoms with van der Waals surface area (Å²) in [5.41, 5.74) is 4.94. The van der Waals surface area contributed by atoms with Gasteiger partial charge in [0.15, 0.2) is 0 Å². The molecule has 3 unspecified atom stereocenters. The predicted octanol–water partition coefficient (Wildman–Crippen LogP) is 2.66. The van der Waals surface area contributed by atoms with Crippen molar-refractivity contribution < 1.29 is 18.7 Å². The molecule has 1 aliphatic rings. The highest BCUT2D eigenvalue weighted by Crippen LogP contribution is 2.49. The van der Waals surface area contributed by atoms with E-state index in [4.69, 9.17) is 15.2 Å². The van der Waals surface area contributed by atoms with Gasteiger partial charge in [0.1, 0.15) is 23.2 Å². The molecule has 3 atom stereocenters. The molecule has 1 amide bonds. The molecule has 1 fully saturated rings. The van der Waals surface area contributed by atoms with Gasteiger partial charge in [-0.2, -0.15) is 0 Å². The summed E-state index contributed by atoms with van der Waals surface area (Å²) in [4.78, 5) is 12.5. The van der Waals surface area contributed by atoms with Crippen LogP contribution in [-0.4, -0.2) is 36.8 Å². The Balaban J connectivity index is 0.00000312. The Hall–Kier alpha value is -1.37. The van der Waals surface area contributed by atoms with E-state index in [0.29, 0.717) is 25.3 Å². The van der Waals surface area contributed by atoms with Crippen LogP contribution in [0, 0.1) is 11.2 Å². The number of hydrogen-bond acceptors (Lipinski definition) is 4. The lowest BCUT2D eigenvalue weighted by molar-refractivity contribution is -0.170. The summed E-state index contributed by atoms with van der Waals surface area (Å²) in [6, 6.07) is 5.92. The van der Waals surface area contributed by atoms with Crippen molar-refractivity contribution in [2.75, 3.05) is 13.2 Å². The van der Waals surface area contributed by atoms with E-state index in [-0.39, 0.29) is 36.3 Å². The smallest absolute Gasteiger partial charge is 0.240 e. The van der Waals surface area contributed by atoms with E-state index >= 15 is 0 Å². The number of nitrogens with one attached hydrogen (secondary N) is 1. The van der Waals surface area contributed by atoms with Gasteiger partial charge >= 0.3 is 0 Å². The van der Waals surface area contributed by atoms with Gasteiger partial charge in [0, 0.05) is 24.5 Å². The minimum Gasteiger partial charge on any atom is -0.489 e. The molecule has 25 heavy (non-hydrogen) atoms. The van der Waals surface area contributed by atoms with E-state index in [0.717, 1.165) is 0 Å². The lowest BCUT2D eigenvalue weighted by Gasteiger charge is -2.57. The van der Waals surface area contributed by atoms with Gasteiger partial charge in [-0.15, -0.1) is 12.4 Å². The fourth-order valence-corrected chi connectivity index (χ4v) is 3.03. The van der Waals surface area contributed by atoms with Crippen LogP contribution in [0.15, 0.2) is 24.3 Å². The van der Waals surface area contributed by atoms with Crippen LogP contribution < -0.4 is 15.8 Å². The minimum absolute atomic E-state index is 0. The number of carbonyl (C=O) groups excluding carboxylic acids is 1. The Morgan fingerprint density at radius 3 is 2.72 bits per heavy atom. The lowest BCUT2D eigenvalue weighted by atomic mass is 9.54. The van der Waals surface area contributed by atoms with E-state index < -0.39 is 11.0 Å². The second kappa shape index (κ2) is 8.34. The molecule has 0 heterocycles. The summed E-state index contributed by atoms with van der Waals surface area (Å²) in [5.74, 6) is -0.138. The lowest BCUT2D eigenvalue weighted by Crippen LogP contribution is -2.76. The molecule has 1 aromatic rings. The summed E-state index contributed by atoms with van der Waals surface area (Å²) >= 11 is 0. The zero-order valence-electron chi connectivity index (χ0n) is 15.2. The predicted molar refractivity (Wildman–Crippen MR) is 97.5 cm³/mol. The van der Waals surface area contributed by atoms with Gasteiger partial charge in [-0.3, -0.25) is 4.79 Å². The van der Waals surface area contributed by atoms with Crippen molar-refractivity contribution >= 4 is 18.3 Å². The van der Waals surface area contributed by atoms with Crippen molar-refractivity contribution in [3.63, 3.8) is 0 Å². The van der Waals surface area contributed by atoms with E-state index in [1.165, 1.54) is 12.1 Å². The highest BCUT2D eigenvalue weighted by molar-refractivity contribution is 5.88. The summed E-state index contributed by atoms with van der Waals surface area (Å²) in [5, 5.41) is 2.84. The SMILES string of the molecule is CCOC1CC(N)(C(=O)NCC(C)Oc2cccc(F)c2)C1(C)C.Cl. The van der Waals surface area contributed by atoms with Crippen LogP contribution in [0.2, 0.25) is 0 Å². The Kier molecular flexibility index (Phi) is 7.23. The summed E-state index contributed by atoms with van der Waals surface area (Å²) < 4.78 is 24.4. The van der Waals surface area contributed by atoms with Crippen molar-refractivity contribution in [3.05, 3.63) is 30.1 Å². The minimum atomic E-state index is -0.953. The highest BCUT2D eigenvalue weighted by atomic mass is 35.5. The maximum Gasteiger partial charge on any atom is 0.240 e. The fraction of sp³-hybridized carbons (Fsp3) is 0.611. The molecule has 3 N–H and O–H groups in total. The average Bonchev–Trinajstić information content (AvgIpc) is 2.52. The third-order valence-electron chi connectivity index (χ3n) is 4.92. The second-order valence-electron chi connectivity index (χ2n) is 6.94. The third-order valence-corrected chi connectivity index (χ3v) is 4.92. The monoisotopic (exact) mass is 374 g/mol. The zero-order valence-corrected chi connectivity index (χ0v) is 16.0. The first-order valence-corrected chi connectivity index (χ1v) is 8.31. The molecule has 0 aliphatic heterocycles. The largest absolute Gasteiger partial charge is 0.489 e. The van der Waals surface area contributed by atoms with Crippen molar-refractivity contribution in [3.8, 4) is 5.75 Å². The summed E-state index contributed by atoms with van der Waals surface area (Å²) in [7, 11) is 0. The Morgan fingerprint density at radius 2 is 2.16 bits per heavy atom. The Bertz CT molecular complexity index is 599. The van der Waals surface area contributed by atoms with Gasteiger partial charge in [-0.1, -0.05) is 19.9 Å². The molecule has 0 aromatic heterocycles. The number of rotatable bonds is 7. The van der Waals surface area contributed by atoms with Crippen LogP contribution in [0.5, 0.6) is 5.75 Å². The number of halogens is 2. The summed E-state index contributed by atoms with van der Waals surface area (Å²) in [6.45, 7) is 8.53. The zero-order chi connectivity index (χ0) is 18.0. The van der Waals surface area contributed by atoms with E-state index in [2.05, 4.69) is 5.32 Å². The molecule has 1 saturated carbocycles. The first-order chi connectivity index (χ1) is 11.2. The molecule has 142 valence electrons. The second-order valence-corrected chi connectivity index (χ2v) is 6.94. The van der Waals surface area contributed by atoms with Crippen LogP contribution in [0.4, 0.5) is 4.39 Å². The molecule has 0 bridgehead atoms. The van der Waals surface area contributed by atoms with Crippen molar-refractivity contribution in [1.82, 2.24) is 5.32 Å². The number of carbonyl (C=O) groups is 1. The molecule has 7 heteroatoms. The van der Waals surface area contributed by atoms with Crippen LogP contribution in [0.1, 0.15) is 34.1 Å². The van der Waals surface area contributed by atoms with Crippen LogP contribution in [0.3, 0.4) is 0 Å². The molecular formula is C18H28ClFN2O3. The van der Waals surface area contributed by atoms with Crippen LogP contribution >= 0.6 is 12.4 Å². The molecular weight excluding hydrogens is 347 g/mol. The Morgan fingerprint density at radius 1 is 1.48 bits per heavy atom. The van der Waals surface area contributed by atoms with Gasteiger partial charge in [0.05, 0.1) is 12.6 Å².